The van der Waals surface area contributed by atoms with Crippen LogP contribution in [-0.4, -0.2) is 21.2 Å². The molecule has 0 atom stereocenters. The first-order chi connectivity index (χ1) is 12.5. The summed E-state index contributed by atoms with van der Waals surface area (Å²) in [5, 5.41) is 3.81. The number of aromatic nitrogens is 2. The number of aryl methyl sites for hydroxylation is 3. The molecule has 1 amide bonds. The van der Waals surface area contributed by atoms with E-state index >= 15 is 0 Å². The highest BCUT2D eigenvalue weighted by Gasteiger charge is 2.12. The summed E-state index contributed by atoms with van der Waals surface area (Å²) >= 11 is 1.44. The lowest BCUT2D eigenvalue weighted by Crippen LogP contribution is -2.15. The minimum absolute atomic E-state index is 0.0285. The van der Waals surface area contributed by atoms with Crippen LogP contribution in [0.5, 0.6) is 0 Å². The molecule has 0 saturated carbocycles. The third-order valence-corrected chi connectivity index (χ3v) is 5.41. The number of hydrogen-bond donors (Lipinski definition) is 1. The number of nitrogens with one attached hydrogen (secondary N) is 1. The van der Waals surface area contributed by atoms with Gasteiger partial charge in [0.1, 0.15) is 0 Å². The second-order valence-corrected chi connectivity index (χ2v) is 7.40. The van der Waals surface area contributed by atoms with Crippen LogP contribution < -0.4 is 5.32 Å². The summed E-state index contributed by atoms with van der Waals surface area (Å²) in [5.74, 6) is 0.286. The van der Waals surface area contributed by atoms with Gasteiger partial charge in [0.05, 0.1) is 11.4 Å². The van der Waals surface area contributed by atoms with Crippen molar-refractivity contribution >= 4 is 23.4 Å². The normalized spacial score (nSPS) is 10.8. The lowest BCUT2D eigenvalue weighted by Gasteiger charge is -2.12. The SMILES string of the molecule is Cc1ccc(C)c(-n2ccnc2SCC(=O)Nc2cccc(C)c2C)c1. The van der Waals surface area contributed by atoms with Gasteiger partial charge in [-0.1, -0.05) is 36.0 Å². The van der Waals surface area contributed by atoms with Crippen molar-refractivity contribution in [1.29, 1.82) is 0 Å². The van der Waals surface area contributed by atoms with Gasteiger partial charge >= 0.3 is 0 Å². The molecule has 1 N–H and O–H groups in total. The number of anilines is 1. The molecule has 2 aromatic carbocycles. The molecule has 134 valence electrons. The van der Waals surface area contributed by atoms with Gasteiger partial charge in [-0.05, 0) is 62.1 Å². The van der Waals surface area contributed by atoms with E-state index < -0.39 is 0 Å². The highest BCUT2D eigenvalue weighted by Crippen LogP contribution is 2.24. The molecule has 5 heteroatoms. The lowest BCUT2D eigenvalue weighted by molar-refractivity contribution is -0.113. The van der Waals surface area contributed by atoms with E-state index in [1.54, 1.807) is 6.20 Å². The summed E-state index contributed by atoms with van der Waals surface area (Å²) in [6.07, 6.45) is 3.71. The van der Waals surface area contributed by atoms with Crippen LogP contribution in [0.25, 0.3) is 5.69 Å². The number of hydrogen-bond acceptors (Lipinski definition) is 3. The van der Waals surface area contributed by atoms with Gasteiger partial charge in [-0.25, -0.2) is 4.98 Å². The van der Waals surface area contributed by atoms with Crippen LogP contribution in [0.4, 0.5) is 5.69 Å². The fraction of sp³-hybridized carbons (Fsp3) is 0.238. The summed E-state index contributed by atoms with van der Waals surface area (Å²) in [4.78, 5) is 16.8. The molecule has 4 nitrogen and oxygen atoms in total. The van der Waals surface area contributed by atoms with Crippen molar-refractivity contribution in [3.8, 4) is 5.69 Å². The Morgan fingerprint density at radius 2 is 1.92 bits per heavy atom. The maximum atomic E-state index is 12.4. The average Bonchev–Trinajstić information content (AvgIpc) is 3.07. The van der Waals surface area contributed by atoms with Gasteiger partial charge < -0.3 is 5.32 Å². The topological polar surface area (TPSA) is 46.9 Å². The molecule has 0 aliphatic rings. The van der Waals surface area contributed by atoms with E-state index in [0.29, 0.717) is 5.75 Å². The third-order valence-electron chi connectivity index (χ3n) is 4.44. The molecule has 0 fully saturated rings. The van der Waals surface area contributed by atoms with E-state index in [2.05, 4.69) is 42.3 Å². The van der Waals surface area contributed by atoms with Crippen LogP contribution in [0.2, 0.25) is 0 Å². The Hall–Kier alpha value is -2.53. The molecule has 0 spiro atoms. The first kappa shape index (κ1) is 18.3. The molecule has 0 unspecified atom stereocenters. The summed E-state index contributed by atoms with van der Waals surface area (Å²) in [5.41, 5.74) is 6.61. The molecule has 26 heavy (non-hydrogen) atoms. The zero-order valence-electron chi connectivity index (χ0n) is 15.5. The molecular formula is C21H23N3OS. The minimum Gasteiger partial charge on any atom is -0.325 e. The number of carbonyl (C=O) groups is 1. The average molecular weight is 366 g/mol. The molecule has 1 heterocycles. The Kier molecular flexibility index (Phi) is 5.47. The van der Waals surface area contributed by atoms with Gasteiger partial charge in [0.2, 0.25) is 5.91 Å². The zero-order valence-corrected chi connectivity index (χ0v) is 16.4. The van der Waals surface area contributed by atoms with Gasteiger partial charge in [0.15, 0.2) is 5.16 Å². The minimum atomic E-state index is -0.0285. The number of carbonyl (C=O) groups excluding carboxylic acids is 1. The number of thioether (sulfide) groups is 1. The van der Waals surface area contributed by atoms with Crippen LogP contribution in [0.1, 0.15) is 22.3 Å². The van der Waals surface area contributed by atoms with E-state index in [0.717, 1.165) is 22.1 Å². The Morgan fingerprint density at radius 3 is 2.73 bits per heavy atom. The smallest absolute Gasteiger partial charge is 0.234 e. The Morgan fingerprint density at radius 1 is 1.12 bits per heavy atom. The molecule has 3 aromatic rings. The van der Waals surface area contributed by atoms with Crippen molar-refractivity contribution in [2.45, 2.75) is 32.9 Å². The van der Waals surface area contributed by atoms with Gasteiger partial charge in [-0.2, -0.15) is 0 Å². The second kappa shape index (κ2) is 7.79. The molecule has 0 aliphatic heterocycles. The van der Waals surface area contributed by atoms with E-state index in [-0.39, 0.29) is 5.91 Å². The highest BCUT2D eigenvalue weighted by molar-refractivity contribution is 7.99. The van der Waals surface area contributed by atoms with E-state index in [4.69, 9.17) is 0 Å². The molecule has 0 radical (unpaired) electrons. The molecule has 0 bridgehead atoms. The lowest BCUT2D eigenvalue weighted by atomic mass is 10.1. The van der Waals surface area contributed by atoms with Crippen molar-refractivity contribution in [3.63, 3.8) is 0 Å². The fourth-order valence-corrected chi connectivity index (χ4v) is 3.53. The predicted molar refractivity (Wildman–Crippen MR) is 108 cm³/mol. The summed E-state index contributed by atoms with van der Waals surface area (Å²) in [7, 11) is 0. The third kappa shape index (κ3) is 3.99. The van der Waals surface area contributed by atoms with Crippen molar-refractivity contribution in [3.05, 3.63) is 71.0 Å². The van der Waals surface area contributed by atoms with E-state index in [1.807, 2.05) is 42.8 Å². The first-order valence-electron chi connectivity index (χ1n) is 8.55. The summed E-state index contributed by atoms with van der Waals surface area (Å²) in [6, 6.07) is 12.3. The standard InChI is InChI=1S/C21H23N3OS/c1-14-8-9-16(3)19(12-14)24-11-10-22-21(24)26-13-20(25)23-18-7-5-6-15(2)17(18)4/h5-12H,13H2,1-4H3,(H,23,25). The number of nitrogens with zero attached hydrogens (tertiary/aromatic N) is 2. The van der Waals surface area contributed by atoms with Gasteiger partial charge in [0.25, 0.3) is 0 Å². The Bertz CT molecular complexity index is 946. The van der Waals surface area contributed by atoms with E-state index in [9.17, 15) is 4.79 Å². The van der Waals surface area contributed by atoms with Gasteiger partial charge in [-0.15, -0.1) is 0 Å². The van der Waals surface area contributed by atoms with Crippen LogP contribution in [0.15, 0.2) is 53.9 Å². The molecule has 0 aliphatic carbocycles. The maximum absolute atomic E-state index is 12.4. The molecule has 0 saturated heterocycles. The largest absolute Gasteiger partial charge is 0.325 e. The predicted octanol–water partition coefficient (Wildman–Crippen LogP) is 4.84. The summed E-state index contributed by atoms with van der Waals surface area (Å²) in [6.45, 7) is 8.22. The van der Waals surface area contributed by atoms with Crippen LogP contribution >= 0.6 is 11.8 Å². The monoisotopic (exact) mass is 365 g/mol. The summed E-state index contributed by atoms with van der Waals surface area (Å²) < 4.78 is 2.04. The molecule has 3 rings (SSSR count). The Labute approximate surface area is 158 Å². The van der Waals surface area contributed by atoms with Crippen molar-refractivity contribution < 1.29 is 4.79 Å². The fourth-order valence-electron chi connectivity index (χ4n) is 2.76. The van der Waals surface area contributed by atoms with Crippen molar-refractivity contribution in [1.82, 2.24) is 9.55 Å². The van der Waals surface area contributed by atoms with Crippen LogP contribution in [0, 0.1) is 27.7 Å². The van der Waals surface area contributed by atoms with Crippen LogP contribution in [-0.2, 0) is 4.79 Å². The molecular weight excluding hydrogens is 342 g/mol. The quantitative estimate of drug-likeness (QED) is 0.658. The first-order valence-corrected chi connectivity index (χ1v) is 9.54. The second-order valence-electron chi connectivity index (χ2n) is 6.45. The van der Waals surface area contributed by atoms with E-state index in [1.165, 1.54) is 28.5 Å². The number of imidazole rings is 1. The van der Waals surface area contributed by atoms with Gasteiger partial charge in [-0.3, -0.25) is 9.36 Å². The van der Waals surface area contributed by atoms with Crippen LogP contribution in [0.3, 0.4) is 0 Å². The highest BCUT2D eigenvalue weighted by atomic mass is 32.2. The molecule has 1 aromatic heterocycles. The van der Waals surface area contributed by atoms with Crippen molar-refractivity contribution in [2.24, 2.45) is 0 Å². The number of rotatable bonds is 5. The van der Waals surface area contributed by atoms with Crippen molar-refractivity contribution in [2.75, 3.05) is 11.1 Å². The number of amides is 1. The Balaban J connectivity index is 1.71. The maximum Gasteiger partial charge on any atom is 0.234 e. The number of benzene rings is 2. The zero-order chi connectivity index (χ0) is 18.7. The van der Waals surface area contributed by atoms with Gasteiger partial charge in [0, 0.05) is 18.1 Å².